The van der Waals surface area contributed by atoms with E-state index in [1.807, 2.05) is 6.26 Å². The summed E-state index contributed by atoms with van der Waals surface area (Å²) in [6.07, 6.45) is 12.3. The Balaban J connectivity index is 2.06. The Morgan fingerprint density at radius 2 is 1.92 bits per heavy atom. The van der Waals surface area contributed by atoms with Crippen molar-refractivity contribution in [1.82, 2.24) is 0 Å². The maximum atomic E-state index is 5.65. The van der Waals surface area contributed by atoms with Crippen LogP contribution in [0.5, 0.6) is 0 Å². The minimum Gasteiger partial charge on any atom is -0.498 e. The second-order valence-electron chi connectivity index (χ2n) is 4.40. The predicted molar refractivity (Wildman–Crippen MR) is 56.6 cm³/mol. The zero-order valence-electron chi connectivity index (χ0n) is 8.96. The summed E-state index contributed by atoms with van der Waals surface area (Å²) in [5, 5.41) is 0. The molecule has 1 aliphatic carbocycles. The van der Waals surface area contributed by atoms with Gasteiger partial charge in [0.1, 0.15) is 0 Å². The zero-order chi connectivity index (χ0) is 9.52. The van der Waals surface area contributed by atoms with E-state index in [0.29, 0.717) is 6.10 Å². The molecule has 0 spiro atoms. The molecule has 1 nitrogen and oxygen atoms in total. The highest BCUT2D eigenvalue weighted by Gasteiger charge is 2.12. The molecule has 76 valence electrons. The largest absolute Gasteiger partial charge is 0.498 e. The third-order valence-corrected chi connectivity index (χ3v) is 2.53. The maximum absolute atomic E-state index is 5.65. The summed E-state index contributed by atoms with van der Waals surface area (Å²) in [7, 11) is 0. The van der Waals surface area contributed by atoms with Crippen LogP contribution < -0.4 is 0 Å². The van der Waals surface area contributed by atoms with Gasteiger partial charge in [0.05, 0.1) is 12.4 Å². The van der Waals surface area contributed by atoms with E-state index < -0.39 is 0 Å². The van der Waals surface area contributed by atoms with E-state index in [0.717, 1.165) is 12.3 Å². The minimum atomic E-state index is 0.511. The molecule has 0 aromatic carbocycles. The lowest BCUT2D eigenvalue weighted by Crippen LogP contribution is -2.13. The minimum absolute atomic E-state index is 0.511. The van der Waals surface area contributed by atoms with Gasteiger partial charge in [0, 0.05) is 0 Å². The Morgan fingerprint density at radius 3 is 2.54 bits per heavy atom. The maximum Gasteiger partial charge on any atom is 0.0978 e. The molecule has 0 bridgehead atoms. The Labute approximate surface area is 82.2 Å². The molecule has 0 aromatic heterocycles. The first kappa shape index (κ1) is 10.6. The normalized spacial score (nSPS) is 19.9. The van der Waals surface area contributed by atoms with Gasteiger partial charge in [-0.3, -0.25) is 0 Å². The Bertz CT molecular complexity index is 143. The van der Waals surface area contributed by atoms with Gasteiger partial charge in [0.25, 0.3) is 0 Å². The second-order valence-corrected chi connectivity index (χ2v) is 4.40. The van der Waals surface area contributed by atoms with Crippen molar-refractivity contribution >= 4 is 0 Å². The van der Waals surface area contributed by atoms with Crippen molar-refractivity contribution < 1.29 is 4.74 Å². The third kappa shape index (κ3) is 4.97. The van der Waals surface area contributed by atoms with Crippen LogP contribution in [0.4, 0.5) is 0 Å². The standard InChI is InChI=1S/C12H22O/c1-11(2)7-6-10-13-12-8-4-3-5-9-12/h6,10-12H,3-5,7-9H2,1-2H3. The zero-order valence-corrected chi connectivity index (χ0v) is 8.96. The van der Waals surface area contributed by atoms with Crippen LogP contribution in [0.3, 0.4) is 0 Å². The van der Waals surface area contributed by atoms with Crippen LogP contribution in [0.25, 0.3) is 0 Å². The van der Waals surface area contributed by atoms with Crippen LogP contribution in [-0.4, -0.2) is 6.10 Å². The molecule has 1 heteroatoms. The summed E-state index contributed by atoms with van der Waals surface area (Å²) in [6.45, 7) is 4.45. The molecule has 1 aliphatic rings. The molecule has 0 atom stereocenters. The number of allylic oxidation sites excluding steroid dienone is 1. The first-order valence-electron chi connectivity index (χ1n) is 5.59. The summed E-state index contributed by atoms with van der Waals surface area (Å²) in [5.41, 5.74) is 0. The van der Waals surface area contributed by atoms with E-state index in [-0.39, 0.29) is 0 Å². The summed E-state index contributed by atoms with van der Waals surface area (Å²) < 4.78 is 5.65. The molecule has 0 saturated heterocycles. The molecule has 13 heavy (non-hydrogen) atoms. The highest BCUT2D eigenvalue weighted by Crippen LogP contribution is 2.20. The SMILES string of the molecule is CC(C)CC=COC1CCCCC1. The number of ether oxygens (including phenoxy) is 1. The van der Waals surface area contributed by atoms with Gasteiger partial charge >= 0.3 is 0 Å². The van der Waals surface area contributed by atoms with Crippen molar-refractivity contribution in [3.63, 3.8) is 0 Å². The number of hydrogen-bond acceptors (Lipinski definition) is 1. The van der Waals surface area contributed by atoms with Crippen LogP contribution in [0.2, 0.25) is 0 Å². The molecule has 0 N–H and O–H groups in total. The van der Waals surface area contributed by atoms with Gasteiger partial charge in [-0.15, -0.1) is 0 Å². The van der Waals surface area contributed by atoms with Gasteiger partial charge in [-0.05, 0) is 44.1 Å². The van der Waals surface area contributed by atoms with Crippen molar-refractivity contribution in [2.75, 3.05) is 0 Å². The van der Waals surface area contributed by atoms with E-state index in [1.54, 1.807) is 0 Å². The molecule has 0 aromatic rings. The molecule has 1 fully saturated rings. The monoisotopic (exact) mass is 182 g/mol. The Hall–Kier alpha value is -0.460. The molecule has 0 heterocycles. The van der Waals surface area contributed by atoms with Gasteiger partial charge in [-0.2, -0.15) is 0 Å². The van der Waals surface area contributed by atoms with Crippen LogP contribution in [-0.2, 0) is 4.74 Å². The quantitative estimate of drug-likeness (QED) is 0.599. The molecular formula is C12H22O. The first-order valence-corrected chi connectivity index (χ1v) is 5.59. The van der Waals surface area contributed by atoms with Gasteiger partial charge in [0.15, 0.2) is 0 Å². The topological polar surface area (TPSA) is 9.23 Å². The fourth-order valence-electron chi connectivity index (χ4n) is 1.70. The second kappa shape index (κ2) is 6.06. The smallest absolute Gasteiger partial charge is 0.0978 e. The average Bonchev–Trinajstić information content (AvgIpc) is 2.14. The first-order chi connectivity index (χ1) is 6.29. The summed E-state index contributed by atoms with van der Waals surface area (Å²) in [6, 6.07) is 0. The van der Waals surface area contributed by atoms with Crippen molar-refractivity contribution in [2.45, 2.75) is 58.5 Å². The molecule has 1 saturated carbocycles. The predicted octanol–water partition coefficient (Wildman–Crippen LogP) is 3.90. The third-order valence-electron chi connectivity index (χ3n) is 2.53. The Kier molecular flexibility index (Phi) is 4.95. The van der Waals surface area contributed by atoms with E-state index in [4.69, 9.17) is 4.74 Å². The Morgan fingerprint density at radius 1 is 1.23 bits per heavy atom. The molecule has 0 radical (unpaired) electrons. The lowest BCUT2D eigenvalue weighted by molar-refractivity contribution is 0.105. The molecule has 0 amide bonds. The lowest BCUT2D eigenvalue weighted by atomic mass is 9.98. The van der Waals surface area contributed by atoms with Gasteiger partial charge in [-0.25, -0.2) is 0 Å². The van der Waals surface area contributed by atoms with Gasteiger partial charge < -0.3 is 4.74 Å². The van der Waals surface area contributed by atoms with Crippen LogP contribution >= 0.6 is 0 Å². The van der Waals surface area contributed by atoms with Crippen molar-refractivity contribution in [3.05, 3.63) is 12.3 Å². The van der Waals surface area contributed by atoms with E-state index in [9.17, 15) is 0 Å². The van der Waals surface area contributed by atoms with Crippen LogP contribution in [0.1, 0.15) is 52.4 Å². The van der Waals surface area contributed by atoms with E-state index in [1.165, 1.54) is 32.1 Å². The van der Waals surface area contributed by atoms with Gasteiger partial charge in [-0.1, -0.05) is 20.3 Å². The number of hydrogen-bond donors (Lipinski definition) is 0. The van der Waals surface area contributed by atoms with Crippen LogP contribution in [0.15, 0.2) is 12.3 Å². The molecular weight excluding hydrogens is 160 g/mol. The molecule has 0 unspecified atom stereocenters. The summed E-state index contributed by atoms with van der Waals surface area (Å²) in [5.74, 6) is 0.742. The highest BCUT2D eigenvalue weighted by molar-refractivity contribution is 4.77. The lowest BCUT2D eigenvalue weighted by Gasteiger charge is -2.20. The average molecular weight is 182 g/mol. The molecule has 0 aliphatic heterocycles. The summed E-state index contributed by atoms with van der Waals surface area (Å²) in [4.78, 5) is 0. The van der Waals surface area contributed by atoms with Crippen molar-refractivity contribution in [3.8, 4) is 0 Å². The summed E-state index contributed by atoms with van der Waals surface area (Å²) >= 11 is 0. The fourth-order valence-corrected chi connectivity index (χ4v) is 1.70. The number of rotatable bonds is 4. The van der Waals surface area contributed by atoms with E-state index in [2.05, 4.69) is 19.9 Å². The molecule has 1 rings (SSSR count). The van der Waals surface area contributed by atoms with Crippen LogP contribution in [0, 0.1) is 5.92 Å². The fraction of sp³-hybridized carbons (Fsp3) is 0.833. The van der Waals surface area contributed by atoms with Crippen molar-refractivity contribution in [2.24, 2.45) is 5.92 Å². The highest BCUT2D eigenvalue weighted by atomic mass is 16.5. The van der Waals surface area contributed by atoms with Crippen molar-refractivity contribution in [1.29, 1.82) is 0 Å². The van der Waals surface area contributed by atoms with E-state index >= 15 is 0 Å². The van der Waals surface area contributed by atoms with Gasteiger partial charge in [0.2, 0.25) is 0 Å².